The van der Waals surface area contributed by atoms with E-state index >= 15 is 0 Å². The van der Waals surface area contributed by atoms with Gasteiger partial charge in [-0.2, -0.15) is 5.26 Å². The number of nitrogens with zero attached hydrogens (tertiary/aromatic N) is 5. The van der Waals surface area contributed by atoms with Crippen molar-refractivity contribution in [1.82, 2.24) is 20.3 Å². The molecule has 1 fully saturated rings. The molecule has 9 nitrogen and oxygen atoms in total. The summed E-state index contributed by atoms with van der Waals surface area (Å²) in [6, 6.07) is 14.2. The Hall–Kier alpha value is -4.49. The smallest absolute Gasteiger partial charge is 0.163 e. The van der Waals surface area contributed by atoms with Crippen molar-refractivity contribution in [2.75, 3.05) is 43.6 Å². The molecule has 0 radical (unpaired) electrons. The van der Waals surface area contributed by atoms with E-state index < -0.39 is 5.82 Å². The molecule has 0 spiro atoms. The van der Waals surface area contributed by atoms with Crippen LogP contribution in [0, 0.1) is 17.1 Å². The van der Waals surface area contributed by atoms with Gasteiger partial charge in [0.05, 0.1) is 36.6 Å². The number of piperazine rings is 1. The van der Waals surface area contributed by atoms with Crippen LogP contribution in [0.15, 0.2) is 61.2 Å². The molecule has 1 unspecified atom stereocenters. The molecule has 10 heteroatoms. The van der Waals surface area contributed by atoms with Gasteiger partial charge in [-0.25, -0.2) is 14.4 Å². The molecule has 0 aliphatic carbocycles. The summed E-state index contributed by atoms with van der Waals surface area (Å²) in [6.07, 6.45) is 6.90. The lowest BCUT2D eigenvalue weighted by Gasteiger charge is -2.38. The molecular weight excluding hydrogens is 485 g/mol. The SMILES string of the molecule is COc1cc2c(Nc3ccc(C#N)cc3F)ncnc2cc1OCCCC1CNCCN1c1ccncc1. The zero-order valence-corrected chi connectivity index (χ0v) is 21.0. The Morgan fingerprint density at radius 1 is 1.16 bits per heavy atom. The van der Waals surface area contributed by atoms with Gasteiger partial charge in [0.25, 0.3) is 0 Å². The molecule has 2 aromatic heterocycles. The topological polar surface area (TPSA) is 108 Å². The maximum atomic E-state index is 14.4. The molecule has 194 valence electrons. The van der Waals surface area contributed by atoms with Crippen LogP contribution >= 0.6 is 0 Å². The highest BCUT2D eigenvalue weighted by Crippen LogP contribution is 2.35. The van der Waals surface area contributed by atoms with Crippen molar-refractivity contribution in [2.24, 2.45) is 0 Å². The molecule has 4 aromatic rings. The quantitative estimate of drug-likeness (QED) is 0.314. The van der Waals surface area contributed by atoms with Crippen LogP contribution in [0.3, 0.4) is 0 Å². The van der Waals surface area contributed by atoms with Gasteiger partial charge < -0.3 is 25.0 Å². The second-order valence-electron chi connectivity index (χ2n) is 8.92. The number of hydrogen-bond donors (Lipinski definition) is 2. The van der Waals surface area contributed by atoms with Crippen LogP contribution in [0.1, 0.15) is 18.4 Å². The summed E-state index contributed by atoms with van der Waals surface area (Å²) in [6.45, 7) is 3.36. The summed E-state index contributed by atoms with van der Waals surface area (Å²) < 4.78 is 26.2. The largest absolute Gasteiger partial charge is 0.493 e. The zero-order valence-electron chi connectivity index (χ0n) is 21.0. The van der Waals surface area contributed by atoms with Gasteiger partial charge in [-0.3, -0.25) is 4.98 Å². The lowest BCUT2D eigenvalue weighted by molar-refractivity contribution is 0.279. The number of methoxy groups -OCH3 is 1. The van der Waals surface area contributed by atoms with E-state index in [-0.39, 0.29) is 11.3 Å². The fourth-order valence-electron chi connectivity index (χ4n) is 4.64. The number of nitrogens with one attached hydrogen (secondary N) is 2. The molecule has 0 saturated carbocycles. The van der Waals surface area contributed by atoms with Crippen LogP contribution in [0.4, 0.5) is 21.6 Å². The van der Waals surface area contributed by atoms with E-state index in [1.807, 2.05) is 24.5 Å². The average Bonchev–Trinajstić information content (AvgIpc) is 2.96. The Morgan fingerprint density at radius 3 is 2.82 bits per heavy atom. The summed E-state index contributed by atoms with van der Waals surface area (Å²) in [7, 11) is 1.57. The molecule has 3 heterocycles. The first kappa shape index (κ1) is 25.2. The lowest BCUT2D eigenvalue weighted by atomic mass is 10.1. The maximum absolute atomic E-state index is 14.4. The van der Waals surface area contributed by atoms with Crippen LogP contribution in [0.2, 0.25) is 0 Å². The van der Waals surface area contributed by atoms with Crippen molar-refractivity contribution < 1.29 is 13.9 Å². The van der Waals surface area contributed by atoms with Crippen LogP contribution in [0.25, 0.3) is 10.9 Å². The van der Waals surface area contributed by atoms with Gasteiger partial charge in [0.1, 0.15) is 18.0 Å². The highest BCUT2D eigenvalue weighted by Gasteiger charge is 2.22. The fraction of sp³-hybridized carbons (Fsp3) is 0.286. The number of aromatic nitrogens is 3. The number of nitriles is 1. The van der Waals surface area contributed by atoms with E-state index in [2.05, 4.69) is 42.6 Å². The maximum Gasteiger partial charge on any atom is 0.163 e. The van der Waals surface area contributed by atoms with Crippen LogP contribution in [-0.2, 0) is 0 Å². The molecule has 2 aromatic carbocycles. The minimum atomic E-state index is -0.543. The highest BCUT2D eigenvalue weighted by atomic mass is 19.1. The van der Waals surface area contributed by atoms with E-state index in [0.29, 0.717) is 40.9 Å². The second-order valence-corrected chi connectivity index (χ2v) is 8.92. The standard InChI is InChI=1S/C28H28FN7O2/c1-37-26-14-22-25(33-18-34-28(22)35-24-5-4-19(16-30)13-23(24)29)15-27(26)38-12-2-3-21-17-32-10-11-36(21)20-6-8-31-9-7-20/h4-9,13-15,18,21,32H,2-3,10-12,17H2,1H3,(H,33,34,35). The summed E-state index contributed by atoms with van der Waals surface area (Å²) in [5.74, 6) is 0.998. The van der Waals surface area contributed by atoms with E-state index in [9.17, 15) is 4.39 Å². The van der Waals surface area contributed by atoms with Gasteiger partial charge in [0.2, 0.25) is 0 Å². The molecule has 38 heavy (non-hydrogen) atoms. The van der Waals surface area contributed by atoms with Gasteiger partial charge >= 0.3 is 0 Å². The number of benzene rings is 2. The van der Waals surface area contributed by atoms with Crippen molar-refractivity contribution in [1.29, 1.82) is 5.26 Å². The number of fused-ring (bicyclic) bond motifs is 1. The van der Waals surface area contributed by atoms with Crippen molar-refractivity contribution in [3.8, 4) is 17.6 Å². The summed E-state index contributed by atoms with van der Waals surface area (Å²) in [4.78, 5) is 15.2. The Morgan fingerprint density at radius 2 is 2.03 bits per heavy atom. The van der Waals surface area contributed by atoms with E-state index in [1.165, 1.54) is 24.1 Å². The van der Waals surface area contributed by atoms with Crippen molar-refractivity contribution in [3.63, 3.8) is 0 Å². The molecule has 5 rings (SSSR count). The monoisotopic (exact) mass is 513 g/mol. The van der Waals surface area contributed by atoms with Crippen LogP contribution in [0.5, 0.6) is 11.5 Å². The average molecular weight is 514 g/mol. The molecule has 0 amide bonds. The van der Waals surface area contributed by atoms with Gasteiger partial charge in [0.15, 0.2) is 11.5 Å². The minimum absolute atomic E-state index is 0.210. The Labute approximate surface area is 220 Å². The molecule has 1 aliphatic heterocycles. The van der Waals surface area contributed by atoms with Gasteiger partial charge in [-0.05, 0) is 49.2 Å². The predicted octanol–water partition coefficient (Wildman–Crippen LogP) is 4.43. The molecule has 1 saturated heterocycles. The first-order valence-electron chi connectivity index (χ1n) is 12.5. The third-order valence-corrected chi connectivity index (χ3v) is 6.56. The van der Waals surface area contributed by atoms with E-state index in [1.54, 1.807) is 19.2 Å². The molecular formula is C28H28FN7O2. The van der Waals surface area contributed by atoms with Crippen LogP contribution < -0.4 is 25.0 Å². The Balaban J connectivity index is 1.27. The third-order valence-electron chi connectivity index (χ3n) is 6.56. The highest BCUT2D eigenvalue weighted by molar-refractivity contribution is 5.93. The number of ether oxygens (including phenoxy) is 2. The minimum Gasteiger partial charge on any atom is -0.493 e. The number of halogens is 1. The van der Waals surface area contributed by atoms with Crippen molar-refractivity contribution >= 4 is 28.1 Å². The van der Waals surface area contributed by atoms with E-state index in [4.69, 9.17) is 14.7 Å². The van der Waals surface area contributed by atoms with E-state index in [0.717, 1.165) is 32.5 Å². The number of pyridine rings is 1. The number of anilines is 3. The Bertz CT molecular complexity index is 1440. The van der Waals surface area contributed by atoms with Crippen molar-refractivity contribution in [2.45, 2.75) is 18.9 Å². The summed E-state index contributed by atoms with van der Waals surface area (Å²) in [5, 5.41) is 16.1. The zero-order chi connectivity index (χ0) is 26.3. The second kappa shape index (κ2) is 11.7. The number of hydrogen-bond acceptors (Lipinski definition) is 9. The van der Waals surface area contributed by atoms with Gasteiger partial charge in [-0.1, -0.05) is 0 Å². The summed E-state index contributed by atoms with van der Waals surface area (Å²) in [5.41, 5.74) is 2.27. The molecule has 2 N–H and O–H groups in total. The molecule has 1 atom stereocenters. The van der Waals surface area contributed by atoms with Crippen molar-refractivity contribution in [3.05, 3.63) is 72.6 Å². The Kier molecular flexibility index (Phi) is 7.75. The fourth-order valence-corrected chi connectivity index (χ4v) is 4.64. The third kappa shape index (κ3) is 5.58. The molecule has 1 aliphatic rings. The molecule has 0 bridgehead atoms. The van der Waals surface area contributed by atoms with Gasteiger partial charge in [0, 0.05) is 55.2 Å². The van der Waals surface area contributed by atoms with Crippen LogP contribution in [-0.4, -0.2) is 54.3 Å². The predicted molar refractivity (Wildman–Crippen MR) is 143 cm³/mol. The first-order valence-corrected chi connectivity index (χ1v) is 12.5. The normalized spacial score (nSPS) is 15.2. The lowest BCUT2D eigenvalue weighted by Crippen LogP contribution is -2.51. The number of rotatable bonds is 9. The first-order chi connectivity index (χ1) is 18.7. The summed E-state index contributed by atoms with van der Waals surface area (Å²) >= 11 is 0. The van der Waals surface area contributed by atoms with Gasteiger partial charge in [-0.15, -0.1) is 0 Å².